The van der Waals surface area contributed by atoms with E-state index in [1.54, 1.807) is 5.69 Å². The molecule has 0 aliphatic carbocycles. The number of imidazole rings is 1. The van der Waals surface area contributed by atoms with Crippen molar-refractivity contribution in [1.82, 2.24) is 14.9 Å². The van der Waals surface area contributed by atoms with Crippen molar-refractivity contribution in [3.8, 4) is 0 Å². The molecule has 2 aliphatic rings. The average molecular weight is 219 g/mol. The van der Waals surface area contributed by atoms with Crippen LogP contribution < -0.4 is 5.32 Å². The second-order valence-corrected chi connectivity index (χ2v) is 5.13. The van der Waals surface area contributed by atoms with Gasteiger partial charge in [0.15, 0.2) is 0 Å². The summed E-state index contributed by atoms with van der Waals surface area (Å²) in [6, 6.07) is 0. The SMILES string of the molecule is Cc1nc2n(c1C1CCNCC1)CCCC2. The molecule has 0 saturated carbocycles. The van der Waals surface area contributed by atoms with Crippen molar-refractivity contribution in [1.29, 1.82) is 0 Å². The third-order valence-corrected chi connectivity index (χ3v) is 4.03. The molecule has 0 radical (unpaired) electrons. The van der Waals surface area contributed by atoms with E-state index in [0.717, 1.165) is 5.92 Å². The van der Waals surface area contributed by atoms with Crippen LogP contribution in [0.15, 0.2) is 0 Å². The number of nitrogens with zero attached hydrogens (tertiary/aromatic N) is 2. The molecule has 1 saturated heterocycles. The minimum Gasteiger partial charge on any atom is -0.331 e. The molecule has 1 aromatic heterocycles. The Morgan fingerprint density at radius 2 is 2.06 bits per heavy atom. The second-order valence-electron chi connectivity index (χ2n) is 5.13. The molecular formula is C13H21N3. The Hall–Kier alpha value is -0.830. The first-order chi connectivity index (χ1) is 7.86. The summed E-state index contributed by atoms with van der Waals surface area (Å²) in [5.74, 6) is 2.10. The monoisotopic (exact) mass is 219 g/mol. The number of aromatic nitrogens is 2. The van der Waals surface area contributed by atoms with Crippen LogP contribution in [0.4, 0.5) is 0 Å². The largest absolute Gasteiger partial charge is 0.331 e. The Balaban J connectivity index is 1.95. The van der Waals surface area contributed by atoms with Gasteiger partial charge in [-0.3, -0.25) is 0 Å². The molecule has 1 N–H and O–H groups in total. The first kappa shape index (κ1) is 10.3. The molecule has 0 unspecified atom stereocenters. The lowest BCUT2D eigenvalue weighted by molar-refractivity contribution is 0.421. The van der Waals surface area contributed by atoms with Gasteiger partial charge in [0.05, 0.1) is 5.69 Å². The number of piperidine rings is 1. The highest BCUT2D eigenvalue weighted by Gasteiger charge is 2.25. The molecule has 3 rings (SSSR count). The molecule has 0 spiro atoms. The van der Waals surface area contributed by atoms with Gasteiger partial charge in [0.2, 0.25) is 0 Å². The number of rotatable bonds is 1. The minimum absolute atomic E-state index is 0.751. The van der Waals surface area contributed by atoms with Gasteiger partial charge in [-0.2, -0.15) is 0 Å². The van der Waals surface area contributed by atoms with Gasteiger partial charge in [-0.15, -0.1) is 0 Å². The van der Waals surface area contributed by atoms with Gasteiger partial charge in [0.1, 0.15) is 5.82 Å². The zero-order valence-corrected chi connectivity index (χ0v) is 10.1. The summed E-state index contributed by atoms with van der Waals surface area (Å²) in [5.41, 5.74) is 2.85. The van der Waals surface area contributed by atoms with Crippen molar-refractivity contribution >= 4 is 0 Å². The van der Waals surface area contributed by atoms with Crippen LogP contribution in [0.2, 0.25) is 0 Å². The second kappa shape index (κ2) is 4.21. The summed E-state index contributed by atoms with van der Waals surface area (Å²) in [6.45, 7) is 5.74. The van der Waals surface area contributed by atoms with Gasteiger partial charge in [-0.05, 0) is 45.7 Å². The summed E-state index contributed by atoms with van der Waals surface area (Å²) in [7, 11) is 0. The van der Waals surface area contributed by atoms with Crippen LogP contribution in [0.1, 0.15) is 48.8 Å². The molecule has 2 aliphatic heterocycles. The normalized spacial score (nSPS) is 22.1. The topological polar surface area (TPSA) is 29.9 Å². The van der Waals surface area contributed by atoms with Crippen molar-refractivity contribution in [3.05, 3.63) is 17.2 Å². The van der Waals surface area contributed by atoms with Crippen molar-refractivity contribution < 1.29 is 0 Å². The van der Waals surface area contributed by atoms with Crippen LogP contribution in [-0.2, 0) is 13.0 Å². The fraction of sp³-hybridized carbons (Fsp3) is 0.769. The van der Waals surface area contributed by atoms with Gasteiger partial charge >= 0.3 is 0 Å². The van der Waals surface area contributed by atoms with Crippen LogP contribution in [0.5, 0.6) is 0 Å². The lowest BCUT2D eigenvalue weighted by atomic mass is 9.93. The van der Waals surface area contributed by atoms with Gasteiger partial charge in [-0.1, -0.05) is 0 Å². The molecular weight excluding hydrogens is 198 g/mol. The van der Waals surface area contributed by atoms with E-state index in [-0.39, 0.29) is 0 Å². The van der Waals surface area contributed by atoms with Crippen LogP contribution in [0.25, 0.3) is 0 Å². The van der Waals surface area contributed by atoms with Crippen molar-refractivity contribution in [3.63, 3.8) is 0 Å². The zero-order chi connectivity index (χ0) is 11.0. The molecule has 16 heavy (non-hydrogen) atoms. The third-order valence-electron chi connectivity index (χ3n) is 4.03. The van der Waals surface area contributed by atoms with E-state index in [1.807, 2.05) is 0 Å². The molecule has 1 fully saturated rings. The van der Waals surface area contributed by atoms with Crippen LogP contribution >= 0.6 is 0 Å². The molecule has 88 valence electrons. The first-order valence-electron chi connectivity index (χ1n) is 6.63. The van der Waals surface area contributed by atoms with Crippen LogP contribution in [0.3, 0.4) is 0 Å². The Bertz CT molecular complexity index is 375. The fourth-order valence-corrected chi connectivity index (χ4v) is 3.25. The van der Waals surface area contributed by atoms with E-state index in [4.69, 9.17) is 4.98 Å². The number of aryl methyl sites for hydroxylation is 2. The zero-order valence-electron chi connectivity index (χ0n) is 10.1. The van der Waals surface area contributed by atoms with E-state index in [1.165, 1.54) is 63.3 Å². The standard InChI is InChI=1S/C13H21N3/c1-10-13(11-5-7-14-8-6-11)16-9-3-2-4-12(16)15-10/h11,14H,2-9H2,1H3. The molecule has 3 heterocycles. The first-order valence-corrected chi connectivity index (χ1v) is 6.63. The maximum Gasteiger partial charge on any atom is 0.109 e. The van der Waals surface area contributed by atoms with Gasteiger partial charge in [0, 0.05) is 24.6 Å². The van der Waals surface area contributed by atoms with Crippen LogP contribution in [-0.4, -0.2) is 22.6 Å². The van der Waals surface area contributed by atoms with Gasteiger partial charge in [-0.25, -0.2) is 4.98 Å². The number of hydrogen-bond acceptors (Lipinski definition) is 2. The third kappa shape index (κ3) is 1.67. The summed E-state index contributed by atoms with van der Waals surface area (Å²) >= 11 is 0. The Morgan fingerprint density at radius 1 is 1.25 bits per heavy atom. The molecule has 0 aromatic carbocycles. The predicted octanol–water partition coefficient (Wildman–Crippen LogP) is 1.99. The molecule has 0 bridgehead atoms. The van der Waals surface area contributed by atoms with Crippen molar-refractivity contribution in [2.75, 3.05) is 13.1 Å². The number of nitrogens with one attached hydrogen (secondary N) is 1. The molecule has 1 aromatic rings. The minimum atomic E-state index is 0.751. The van der Waals surface area contributed by atoms with E-state index < -0.39 is 0 Å². The summed E-state index contributed by atoms with van der Waals surface area (Å²) < 4.78 is 2.52. The van der Waals surface area contributed by atoms with Crippen LogP contribution in [0, 0.1) is 6.92 Å². The quantitative estimate of drug-likeness (QED) is 0.783. The summed E-state index contributed by atoms with van der Waals surface area (Å²) in [4.78, 5) is 4.77. The van der Waals surface area contributed by atoms with E-state index in [2.05, 4.69) is 16.8 Å². The van der Waals surface area contributed by atoms with Gasteiger partial charge < -0.3 is 9.88 Å². The highest BCUT2D eigenvalue weighted by atomic mass is 15.1. The lowest BCUT2D eigenvalue weighted by Gasteiger charge is -2.26. The Kier molecular flexibility index (Phi) is 2.72. The summed E-state index contributed by atoms with van der Waals surface area (Å²) in [5, 5.41) is 3.45. The van der Waals surface area contributed by atoms with E-state index in [0.29, 0.717) is 0 Å². The van der Waals surface area contributed by atoms with Gasteiger partial charge in [0.25, 0.3) is 0 Å². The Morgan fingerprint density at radius 3 is 2.88 bits per heavy atom. The molecule has 0 atom stereocenters. The number of hydrogen-bond donors (Lipinski definition) is 1. The maximum absolute atomic E-state index is 4.77. The number of fused-ring (bicyclic) bond motifs is 1. The fourth-order valence-electron chi connectivity index (χ4n) is 3.25. The highest BCUT2D eigenvalue weighted by molar-refractivity contribution is 5.22. The van der Waals surface area contributed by atoms with E-state index in [9.17, 15) is 0 Å². The predicted molar refractivity (Wildman–Crippen MR) is 64.7 cm³/mol. The van der Waals surface area contributed by atoms with Crippen molar-refractivity contribution in [2.45, 2.75) is 51.5 Å². The lowest BCUT2D eigenvalue weighted by Crippen LogP contribution is -2.28. The smallest absolute Gasteiger partial charge is 0.109 e. The Labute approximate surface area is 97.3 Å². The molecule has 3 nitrogen and oxygen atoms in total. The summed E-state index contributed by atoms with van der Waals surface area (Å²) in [6.07, 6.45) is 6.41. The molecule has 0 amide bonds. The van der Waals surface area contributed by atoms with E-state index >= 15 is 0 Å². The average Bonchev–Trinajstić information content (AvgIpc) is 2.66. The maximum atomic E-state index is 4.77. The van der Waals surface area contributed by atoms with Crippen molar-refractivity contribution in [2.24, 2.45) is 0 Å². The molecule has 3 heteroatoms. The highest BCUT2D eigenvalue weighted by Crippen LogP contribution is 2.31.